The fourth-order valence-corrected chi connectivity index (χ4v) is 2.66. The summed E-state index contributed by atoms with van der Waals surface area (Å²) in [6.07, 6.45) is 5.51. The number of hydrogen-bond acceptors (Lipinski definition) is 4. The Morgan fingerprint density at radius 2 is 2.04 bits per heavy atom. The van der Waals surface area contributed by atoms with E-state index in [0.29, 0.717) is 19.4 Å². The van der Waals surface area contributed by atoms with Crippen molar-refractivity contribution in [3.05, 3.63) is 54.2 Å². The average Bonchev–Trinajstić information content (AvgIpc) is 2.97. The van der Waals surface area contributed by atoms with Crippen molar-refractivity contribution >= 4 is 17.1 Å². The Balaban J connectivity index is 1.62. The number of aromatic nitrogens is 4. The molecule has 3 heterocycles. The van der Waals surface area contributed by atoms with Crippen LogP contribution in [0.2, 0.25) is 0 Å². The zero-order valence-corrected chi connectivity index (χ0v) is 13.8. The van der Waals surface area contributed by atoms with Gasteiger partial charge >= 0.3 is 0 Å². The summed E-state index contributed by atoms with van der Waals surface area (Å²) in [7, 11) is 0. The van der Waals surface area contributed by atoms with Crippen LogP contribution in [0.1, 0.15) is 31.3 Å². The van der Waals surface area contributed by atoms with Crippen LogP contribution in [-0.4, -0.2) is 25.4 Å². The lowest BCUT2D eigenvalue weighted by Gasteiger charge is -2.07. The third kappa shape index (κ3) is 3.76. The molecule has 0 aliphatic heterocycles. The molecule has 3 aromatic rings. The second-order valence-electron chi connectivity index (χ2n) is 5.62. The van der Waals surface area contributed by atoms with Crippen LogP contribution in [0, 0.1) is 0 Å². The second-order valence-corrected chi connectivity index (χ2v) is 5.62. The Hall–Kier alpha value is -2.76. The number of rotatable bonds is 7. The highest BCUT2D eigenvalue weighted by Gasteiger charge is 2.12. The third-order valence-electron chi connectivity index (χ3n) is 3.80. The van der Waals surface area contributed by atoms with Gasteiger partial charge in [0.25, 0.3) is 0 Å². The van der Waals surface area contributed by atoms with Crippen molar-refractivity contribution in [2.75, 3.05) is 0 Å². The van der Waals surface area contributed by atoms with E-state index in [1.54, 1.807) is 12.4 Å². The molecule has 3 rings (SSSR count). The molecule has 0 fully saturated rings. The molecule has 3 aromatic heterocycles. The minimum Gasteiger partial charge on any atom is -0.350 e. The summed E-state index contributed by atoms with van der Waals surface area (Å²) in [6, 6.07) is 9.51. The number of fused-ring (bicyclic) bond motifs is 1. The molecule has 0 aliphatic rings. The van der Waals surface area contributed by atoms with E-state index in [1.165, 1.54) is 0 Å². The van der Waals surface area contributed by atoms with Crippen LogP contribution in [0.4, 0.5) is 0 Å². The van der Waals surface area contributed by atoms with E-state index in [2.05, 4.69) is 31.8 Å². The minimum absolute atomic E-state index is 0.00344. The Kier molecular flexibility index (Phi) is 5.15. The van der Waals surface area contributed by atoms with Gasteiger partial charge in [-0.25, -0.2) is 9.97 Å². The summed E-state index contributed by atoms with van der Waals surface area (Å²) in [5.41, 5.74) is 2.63. The first-order chi connectivity index (χ1) is 11.8. The van der Waals surface area contributed by atoms with Gasteiger partial charge < -0.3 is 9.88 Å². The smallest absolute Gasteiger partial charge is 0.220 e. The highest BCUT2D eigenvalue weighted by molar-refractivity contribution is 5.76. The van der Waals surface area contributed by atoms with E-state index >= 15 is 0 Å². The van der Waals surface area contributed by atoms with Crippen molar-refractivity contribution in [3.8, 4) is 0 Å². The fraction of sp³-hybridized carbons (Fsp3) is 0.333. The molecule has 6 heteroatoms. The van der Waals surface area contributed by atoms with Crippen molar-refractivity contribution < 1.29 is 4.79 Å². The van der Waals surface area contributed by atoms with Crippen molar-refractivity contribution in [2.24, 2.45) is 0 Å². The van der Waals surface area contributed by atoms with Gasteiger partial charge in [-0.05, 0) is 30.7 Å². The first-order valence-corrected chi connectivity index (χ1v) is 8.24. The summed E-state index contributed by atoms with van der Waals surface area (Å²) in [4.78, 5) is 25.3. The van der Waals surface area contributed by atoms with Crippen LogP contribution in [0.25, 0.3) is 11.2 Å². The number of nitrogens with one attached hydrogen (secondary N) is 1. The fourth-order valence-electron chi connectivity index (χ4n) is 2.66. The molecule has 0 aromatic carbocycles. The van der Waals surface area contributed by atoms with Crippen molar-refractivity contribution in [1.82, 2.24) is 24.8 Å². The molecular weight excluding hydrogens is 302 g/mol. The Morgan fingerprint density at radius 3 is 2.83 bits per heavy atom. The second kappa shape index (κ2) is 7.68. The first kappa shape index (κ1) is 16.1. The van der Waals surface area contributed by atoms with Gasteiger partial charge in [-0.15, -0.1) is 0 Å². The highest BCUT2D eigenvalue weighted by atomic mass is 16.1. The van der Waals surface area contributed by atoms with Gasteiger partial charge in [0.15, 0.2) is 5.65 Å². The monoisotopic (exact) mass is 323 g/mol. The lowest BCUT2D eigenvalue weighted by atomic mass is 10.2. The number of amides is 1. The van der Waals surface area contributed by atoms with Gasteiger partial charge in [0.05, 0.1) is 12.2 Å². The van der Waals surface area contributed by atoms with Gasteiger partial charge in [0, 0.05) is 31.8 Å². The number of aryl methyl sites for hydroxylation is 2. The van der Waals surface area contributed by atoms with E-state index < -0.39 is 0 Å². The van der Waals surface area contributed by atoms with Gasteiger partial charge in [-0.2, -0.15) is 0 Å². The maximum Gasteiger partial charge on any atom is 0.220 e. The first-order valence-electron chi connectivity index (χ1n) is 8.24. The maximum absolute atomic E-state index is 12.1. The largest absolute Gasteiger partial charge is 0.350 e. The molecule has 1 amide bonds. The van der Waals surface area contributed by atoms with Crippen LogP contribution < -0.4 is 5.32 Å². The quantitative estimate of drug-likeness (QED) is 0.725. The van der Waals surface area contributed by atoms with E-state index in [9.17, 15) is 4.79 Å². The van der Waals surface area contributed by atoms with Crippen molar-refractivity contribution in [2.45, 2.75) is 39.3 Å². The molecule has 0 atom stereocenters. The molecular formula is C18H21N5O. The van der Waals surface area contributed by atoms with Crippen LogP contribution in [-0.2, 0) is 24.3 Å². The lowest BCUT2D eigenvalue weighted by Crippen LogP contribution is -2.24. The SMILES string of the molecule is CCCn1c(CCC(=O)NCc2ccccn2)nc2cccnc21. The van der Waals surface area contributed by atoms with Gasteiger partial charge in [-0.3, -0.25) is 9.78 Å². The van der Waals surface area contributed by atoms with Crippen LogP contribution in [0.3, 0.4) is 0 Å². The normalized spacial score (nSPS) is 10.9. The van der Waals surface area contributed by atoms with Crippen LogP contribution in [0.15, 0.2) is 42.7 Å². The van der Waals surface area contributed by atoms with E-state index in [1.807, 2.05) is 30.3 Å². The van der Waals surface area contributed by atoms with E-state index in [0.717, 1.165) is 35.6 Å². The standard InChI is InChI=1S/C18H21N5O/c1-2-12-23-16(22-15-7-5-11-20-18(15)23)8-9-17(24)21-13-14-6-3-4-10-19-14/h3-7,10-11H,2,8-9,12-13H2,1H3,(H,21,24). The van der Waals surface area contributed by atoms with Gasteiger partial charge in [-0.1, -0.05) is 13.0 Å². The molecule has 124 valence electrons. The number of carbonyl (C=O) groups excluding carboxylic acids is 1. The number of pyridine rings is 2. The molecule has 0 saturated heterocycles. The molecule has 0 saturated carbocycles. The molecule has 1 N–H and O–H groups in total. The number of carbonyl (C=O) groups is 1. The summed E-state index contributed by atoms with van der Waals surface area (Å²) >= 11 is 0. The molecule has 24 heavy (non-hydrogen) atoms. The Bertz CT molecular complexity index is 813. The van der Waals surface area contributed by atoms with E-state index in [4.69, 9.17) is 0 Å². The lowest BCUT2D eigenvalue weighted by molar-refractivity contribution is -0.121. The number of imidazole rings is 1. The number of hydrogen-bond donors (Lipinski definition) is 1. The average molecular weight is 323 g/mol. The van der Waals surface area contributed by atoms with E-state index in [-0.39, 0.29) is 5.91 Å². The molecule has 6 nitrogen and oxygen atoms in total. The zero-order valence-electron chi connectivity index (χ0n) is 13.8. The molecule has 0 spiro atoms. The highest BCUT2D eigenvalue weighted by Crippen LogP contribution is 2.15. The summed E-state index contributed by atoms with van der Waals surface area (Å²) in [5.74, 6) is 0.919. The van der Waals surface area contributed by atoms with Crippen LogP contribution in [0.5, 0.6) is 0 Å². The van der Waals surface area contributed by atoms with Crippen molar-refractivity contribution in [3.63, 3.8) is 0 Å². The molecule has 0 unspecified atom stereocenters. The Morgan fingerprint density at radius 1 is 1.17 bits per heavy atom. The maximum atomic E-state index is 12.1. The zero-order chi connectivity index (χ0) is 16.8. The van der Waals surface area contributed by atoms with Gasteiger partial charge in [0.2, 0.25) is 5.91 Å². The summed E-state index contributed by atoms with van der Waals surface area (Å²) in [5, 5.41) is 2.90. The van der Waals surface area contributed by atoms with Crippen molar-refractivity contribution in [1.29, 1.82) is 0 Å². The van der Waals surface area contributed by atoms with Crippen LogP contribution >= 0.6 is 0 Å². The Labute approximate surface area is 141 Å². The third-order valence-corrected chi connectivity index (χ3v) is 3.80. The molecule has 0 bridgehead atoms. The summed E-state index contributed by atoms with van der Waals surface area (Å²) < 4.78 is 2.11. The summed E-state index contributed by atoms with van der Waals surface area (Å²) in [6.45, 7) is 3.43. The predicted octanol–water partition coefficient (Wildman–Crippen LogP) is 2.49. The predicted molar refractivity (Wildman–Crippen MR) is 92.2 cm³/mol. The topological polar surface area (TPSA) is 72.7 Å². The number of nitrogens with zero attached hydrogens (tertiary/aromatic N) is 4. The molecule has 0 aliphatic carbocycles. The van der Waals surface area contributed by atoms with Gasteiger partial charge in [0.1, 0.15) is 11.3 Å². The minimum atomic E-state index is 0.00344. The molecule has 0 radical (unpaired) electrons.